The first kappa shape index (κ1) is 16.5. The van der Waals surface area contributed by atoms with Gasteiger partial charge in [0.1, 0.15) is 0 Å². The predicted molar refractivity (Wildman–Crippen MR) is 98.8 cm³/mol. The Morgan fingerprint density at radius 1 is 0.958 bits per heavy atom. The van der Waals surface area contributed by atoms with Crippen LogP contribution in [-0.4, -0.2) is 15.2 Å². The molecule has 0 fully saturated rings. The van der Waals surface area contributed by atoms with Crippen molar-refractivity contribution in [3.63, 3.8) is 0 Å². The minimum absolute atomic E-state index is 0.328. The van der Waals surface area contributed by atoms with Crippen molar-refractivity contribution in [2.45, 2.75) is 13.8 Å². The Hall–Kier alpha value is -2.37. The first-order valence-electron chi connectivity index (χ1n) is 7.28. The monoisotopic (exact) mass is 359 g/mol. The number of halogens is 2. The Morgan fingerprint density at radius 2 is 1.79 bits per heavy atom. The van der Waals surface area contributed by atoms with Crippen LogP contribution in [0.2, 0.25) is 10.0 Å². The van der Waals surface area contributed by atoms with Crippen LogP contribution in [0.1, 0.15) is 11.1 Å². The summed E-state index contributed by atoms with van der Waals surface area (Å²) in [7, 11) is 0. The van der Waals surface area contributed by atoms with Gasteiger partial charge >= 0.3 is 0 Å². The highest BCUT2D eigenvalue weighted by atomic mass is 35.5. The molecule has 0 aliphatic rings. The van der Waals surface area contributed by atoms with Gasteiger partial charge in [-0.1, -0.05) is 41.4 Å². The van der Waals surface area contributed by atoms with Crippen molar-refractivity contribution in [3.8, 4) is 0 Å². The highest BCUT2D eigenvalue weighted by Gasteiger charge is 2.08. The number of rotatable bonds is 4. The lowest BCUT2D eigenvalue weighted by molar-refractivity contribution is 0.982. The summed E-state index contributed by atoms with van der Waals surface area (Å²) >= 11 is 12.2. The molecule has 0 aliphatic heterocycles. The highest BCUT2D eigenvalue weighted by Crippen LogP contribution is 2.31. The Kier molecular flexibility index (Phi) is 4.83. The Balaban J connectivity index is 1.84. The number of aryl methyl sites for hydroxylation is 2. The summed E-state index contributed by atoms with van der Waals surface area (Å²) in [6, 6.07) is 11.5. The third kappa shape index (κ3) is 3.75. The molecule has 0 saturated heterocycles. The maximum Gasteiger partial charge on any atom is 0.249 e. The molecule has 0 amide bonds. The molecule has 2 aromatic carbocycles. The van der Waals surface area contributed by atoms with Gasteiger partial charge in [0.2, 0.25) is 5.95 Å². The fourth-order valence-electron chi connectivity index (χ4n) is 2.15. The zero-order valence-corrected chi connectivity index (χ0v) is 14.7. The molecule has 1 heterocycles. The number of hydrogen-bond acceptors (Lipinski definition) is 5. The Bertz CT molecular complexity index is 863. The van der Waals surface area contributed by atoms with E-state index >= 15 is 0 Å². The molecule has 0 aliphatic carbocycles. The number of benzene rings is 2. The minimum Gasteiger partial charge on any atom is -0.339 e. The molecule has 122 valence electrons. The molecule has 5 nitrogen and oxygen atoms in total. The zero-order valence-electron chi connectivity index (χ0n) is 13.1. The van der Waals surface area contributed by atoms with E-state index in [0.717, 1.165) is 16.8 Å². The van der Waals surface area contributed by atoms with Gasteiger partial charge in [-0.05, 0) is 43.2 Å². The Morgan fingerprint density at radius 3 is 2.62 bits per heavy atom. The number of hydrogen-bond donors (Lipinski definition) is 2. The number of aromatic nitrogens is 3. The van der Waals surface area contributed by atoms with Gasteiger partial charge in [0.05, 0.1) is 21.9 Å². The molecule has 3 aromatic rings. The van der Waals surface area contributed by atoms with Crippen molar-refractivity contribution in [2.24, 2.45) is 0 Å². The van der Waals surface area contributed by atoms with Crippen LogP contribution in [-0.2, 0) is 0 Å². The van der Waals surface area contributed by atoms with Crippen molar-refractivity contribution in [1.82, 2.24) is 15.2 Å². The van der Waals surface area contributed by atoms with E-state index in [0.29, 0.717) is 27.5 Å². The molecule has 0 bridgehead atoms. The number of nitrogens with zero attached hydrogens (tertiary/aromatic N) is 3. The minimum atomic E-state index is 0.328. The van der Waals surface area contributed by atoms with Crippen LogP contribution >= 0.6 is 23.2 Å². The van der Waals surface area contributed by atoms with Gasteiger partial charge in [0, 0.05) is 5.69 Å². The molecule has 2 N–H and O–H groups in total. The molecule has 0 unspecified atom stereocenters. The smallest absolute Gasteiger partial charge is 0.249 e. The van der Waals surface area contributed by atoms with Crippen LogP contribution in [0.3, 0.4) is 0 Å². The molecule has 3 rings (SSSR count). The quantitative estimate of drug-likeness (QED) is 0.663. The summed E-state index contributed by atoms with van der Waals surface area (Å²) in [5.74, 6) is 0.911. The average Bonchev–Trinajstić information content (AvgIpc) is 2.56. The van der Waals surface area contributed by atoms with Crippen molar-refractivity contribution >= 4 is 46.3 Å². The SMILES string of the molecule is Cc1ccc(C)c(Nc2cnnc(Nc3cccc(Cl)c3Cl)n2)c1. The highest BCUT2D eigenvalue weighted by molar-refractivity contribution is 6.43. The molecule has 1 aromatic heterocycles. The van der Waals surface area contributed by atoms with E-state index in [9.17, 15) is 0 Å². The third-order valence-electron chi connectivity index (χ3n) is 3.41. The lowest BCUT2D eigenvalue weighted by Gasteiger charge is -2.11. The van der Waals surface area contributed by atoms with Gasteiger partial charge in [-0.3, -0.25) is 0 Å². The summed E-state index contributed by atoms with van der Waals surface area (Å²) in [4.78, 5) is 4.41. The van der Waals surface area contributed by atoms with Crippen molar-refractivity contribution in [1.29, 1.82) is 0 Å². The number of nitrogens with one attached hydrogen (secondary N) is 2. The first-order chi connectivity index (χ1) is 11.5. The maximum absolute atomic E-state index is 6.16. The van der Waals surface area contributed by atoms with Gasteiger partial charge in [-0.25, -0.2) is 0 Å². The van der Waals surface area contributed by atoms with E-state index in [2.05, 4.69) is 44.0 Å². The molecule has 24 heavy (non-hydrogen) atoms. The maximum atomic E-state index is 6.16. The van der Waals surface area contributed by atoms with Gasteiger partial charge in [-0.15, -0.1) is 5.10 Å². The number of anilines is 4. The largest absolute Gasteiger partial charge is 0.339 e. The molecular formula is C17H15Cl2N5. The van der Waals surface area contributed by atoms with Crippen molar-refractivity contribution < 1.29 is 0 Å². The van der Waals surface area contributed by atoms with Crippen LogP contribution < -0.4 is 10.6 Å². The second kappa shape index (κ2) is 7.03. The van der Waals surface area contributed by atoms with Gasteiger partial charge in [-0.2, -0.15) is 10.1 Å². The normalized spacial score (nSPS) is 10.5. The third-order valence-corrected chi connectivity index (χ3v) is 4.23. The summed E-state index contributed by atoms with van der Waals surface area (Å²) in [6.07, 6.45) is 1.56. The topological polar surface area (TPSA) is 62.7 Å². The fraction of sp³-hybridized carbons (Fsp3) is 0.118. The summed E-state index contributed by atoms with van der Waals surface area (Å²) < 4.78 is 0. The van der Waals surface area contributed by atoms with Crippen LogP contribution in [0.5, 0.6) is 0 Å². The summed E-state index contributed by atoms with van der Waals surface area (Å²) in [5, 5.41) is 15.1. The standard InChI is InChI=1S/C17H15Cl2N5/c1-10-6-7-11(2)14(8-10)21-15-9-20-24-17(23-15)22-13-5-3-4-12(18)16(13)19/h3-9H,1-2H3,(H2,21,22,23,24). The lowest BCUT2D eigenvalue weighted by Crippen LogP contribution is -2.03. The van der Waals surface area contributed by atoms with Gasteiger partial charge in [0.15, 0.2) is 5.82 Å². The molecule has 0 spiro atoms. The summed E-state index contributed by atoms with van der Waals surface area (Å²) in [5.41, 5.74) is 3.87. The van der Waals surface area contributed by atoms with Crippen LogP contribution in [0.25, 0.3) is 0 Å². The first-order valence-corrected chi connectivity index (χ1v) is 8.03. The van der Waals surface area contributed by atoms with E-state index in [4.69, 9.17) is 23.2 Å². The van der Waals surface area contributed by atoms with Gasteiger partial charge < -0.3 is 10.6 Å². The Labute approximate surface area is 150 Å². The summed E-state index contributed by atoms with van der Waals surface area (Å²) in [6.45, 7) is 4.07. The van der Waals surface area contributed by atoms with Crippen molar-refractivity contribution in [3.05, 3.63) is 63.8 Å². The van der Waals surface area contributed by atoms with Crippen LogP contribution in [0.4, 0.5) is 23.1 Å². The second-order valence-electron chi connectivity index (χ2n) is 5.33. The van der Waals surface area contributed by atoms with Crippen LogP contribution in [0, 0.1) is 13.8 Å². The zero-order chi connectivity index (χ0) is 17.1. The molecular weight excluding hydrogens is 345 g/mol. The second-order valence-corrected chi connectivity index (χ2v) is 6.12. The van der Waals surface area contributed by atoms with E-state index in [1.807, 2.05) is 13.8 Å². The van der Waals surface area contributed by atoms with Crippen molar-refractivity contribution in [2.75, 3.05) is 10.6 Å². The van der Waals surface area contributed by atoms with E-state index < -0.39 is 0 Å². The van der Waals surface area contributed by atoms with E-state index in [-0.39, 0.29) is 0 Å². The van der Waals surface area contributed by atoms with E-state index in [1.54, 1.807) is 24.4 Å². The lowest BCUT2D eigenvalue weighted by atomic mass is 10.1. The molecule has 0 atom stereocenters. The van der Waals surface area contributed by atoms with Crippen LogP contribution in [0.15, 0.2) is 42.6 Å². The molecule has 7 heteroatoms. The fourth-order valence-corrected chi connectivity index (χ4v) is 2.49. The van der Waals surface area contributed by atoms with Gasteiger partial charge in [0.25, 0.3) is 0 Å². The average molecular weight is 360 g/mol. The predicted octanol–water partition coefficient (Wildman–Crippen LogP) is 5.28. The molecule has 0 saturated carbocycles. The van der Waals surface area contributed by atoms with E-state index in [1.165, 1.54) is 0 Å². The molecule has 0 radical (unpaired) electrons.